The standard InChI is InChI=1S/C21H24N2O2/c1-16(2)20(18-6-4-3-5-7-18)14-23-21(24)15-25-19-10-8-17(9-11-19)12-13-22/h3-11,16,20H,12,14-15H2,1-2H3,(H,23,24). The molecular weight excluding hydrogens is 312 g/mol. The Bertz CT molecular complexity index is 703. The molecule has 1 atom stereocenters. The van der Waals surface area contributed by atoms with Crippen LogP contribution < -0.4 is 10.1 Å². The van der Waals surface area contributed by atoms with Gasteiger partial charge < -0.3 is 10.1 Å². The normalized spacial score (nSPS) is 11.6. The molecule has 130 valence electrons. The van der Waals surface area contributed by atoms with Gasteiger partial charge in [0.2, 0.25) is 0 Å². The number of rotatable bonds is 8. The zero-order valence-corrected chi connectivity index (χ0v) is 14.7. The molecule has 0 aliphatic heterocycles. The number of amides is 1. The number of carbonyl (C=O) groups excluding carboxylic acids is 1. The van der Waals surface area contributed by atoms with Crippen molar-refractivity contribution in [1.29, 1.82) is 5.26 Å². The Hall–Kier alpha value is -2.80. The molecule has 2 aromatic carbocycles. The predicted octanol–water partition coefficient (Wildman–Crippen LogP) is 3.69. The fraction of sp³-hybridized carbons (Fsp3) is 0.333. The third-order valence-corrected chi connectivity index (χ3v) is 4.13. The number of hydrogen-bond donors (Lipinski definition) is 1. The molecule has 1 unspecified atom stereocenters. The molecule has 0 fully saturated rings. The van der Waals surface area contributed by atoms with E-state index in [-0.39, 0.29) is 18.4 Å². The summed E-state index contributed by atoms with van der Waals surface area (Å²) in [4.78, 5) is 12.1. The smallest absolute Gasteiger partial charge is 0.257 e. The van der Waals surface area contributed by atoms with E-state index in [4.69, 9.17) is 10.00 Å². The molecule has 0 saturated carbocycles. The summed E-state index contributed by atoms with van der Waals surface area (Å²) in [5, 5.41) is 11.6. The summed E-state index contributed by atoms with van der Waals surface area (Å²) in [7, 11) is 0. The lowest BCUT2D eigenvalue weighted by Gasteiger charge is -2.22. The molecule has 2 aromatic rings. The third-order valence-electron chi connectivity index (χ3n) is 4.13. The van der Waals surface area contributed by atoms with E-state index in [1.54, 1.807) is 12.1 Å². The van der Waals surface area contributed by atoms with Gasteiger partial charge in [-0.1, -0.05) is 56.3 Å². The minimum atomic E-state index is -0.136. The van der Waals surface area contributed by atoms with E-state index in [9.17, 15) is 4.79 Å². The van der Waals surface area contributed by atoms with Crippen LogP contribution in [0.1, 0.15) is 30.9 Å². The number of nitrogens with zero attached hydrogens (tertiary/aromatic N) is 1. The summed E-state index contributed by atoms with van der Waals surface area (Å²) < 4.78 is 5.50. The first-order chi connectivity index (χ1) is 12.1. The average Bonchev–Trinajstić information content (AvgIpc) is 2.62. The van der Waals surface area contributed by atoms with Crippen LogP contribution in [-0.2, 0) is 11.2 Å². The van der Waals surface area contributed by atoms with Gasteiger partial charge in [0.1, 0.15) is 5.75 Å². The van der Waals surface area contributed by atoms with E-state index < -0.39 is 0 Å². The maximum atomic E-state index is 12.1. The Morgan fingerprint density at radius 1 is 1.12 bits per heavy atom. The van der Waals surface area contributed by atoms with E-state index >= 15 is 0 Å². The van der Waals surface area contributed by atoms with Crippen LogP contribution in [0.5, 0.6) is 5.75 Å². The van der Waals surface area contributed by atoms with Gasteiger partial charge in [-0.2, -0.15) is 5.26 Å². The van der Waals surface area contributed by atoms with Gasteiger partial charge in [0.25, 0.3) is 5.91 Å². The maximum absolute atomic E-state index is 12.1. The quantitative estimate of drug-likeness (QED) is 0.800. The van der Waals surface area contributed by atoms with Crippen molar-refractivity contribution in [1.82, 2.24) is 5.32 Å². The molecule has 1 N–H and O–H groups in total. The minimum absolute atomic E-state index is 0.0167. The van der Waals surface area contributed by atoms with Gasteiger partial charge in [-0.15, -0.1) is 0 Å². The number of benzene rings is 2. The highest BCUT2D eigenvalue weighted by Gasteiger charge is 2.16. The Labute approximate surface area is 149 Å². The van der Waals surface area contributed by atoms with Crippen molar-refractivity contribution in [3.05, 3.63) is 65.7 Å². The maximum Gasteiger partial charge on any atom is 0.257 e. The monoisotopic (exact) mass is 336 g/mol. The first-order valence-corrected chi connectivity index (χ1v) is 8.50. The molecule has 0 aliphatic rings. The van der Waals surface area contributed by atoms with Crippen molar-refractivity contribution in [2.24, 2.45) is 5.92 Å². The Kier molecular flexibility index (Phi) is 7.03. The number of nitrogens with one attached hydrogen (secondary N) is 1. The second kappa shape index (κ2) is 9.48. The van der Waals surface area contributed by atoms with Crippen molar-refractivity contribution in [3.63, 3.8) is 0 Å². The van der Waals surface area contributed by atoms with Crippen LogP contribution in [-0.4, -0.2) is 19.1 Å². The number of ether oxygens (including phenoxy) is 1. The SMILES string of the molecule is CC(C)C(CNC(=O)COc1ccc(CC#N)cc1)c1ccccc1. The summed E-state index contributed by atoms with van der Waals surface area (Å²) in [5.41, 5.74) is 2.16. The summed E-state index contributed by atoms with van der Waals surface area (Å²) >= 11 is 0. The van der Waals surface area contributed by atoms with Gasteiger partial charge in [0.15, 0.2) is 6.61 Å². The average molecular weight is 336 g/mol. The van der Waals surface area contributed by atoms with Crippen molar-refractivity contribution >= 4 is 5.91 Å². The Balaban J connectivity index is 1.82. The molecular formula is C21H24N2O2. The van der Waals surface area contributed by atoms with Crippen LogP contribution in [0.3, 0.4) is 0 Å². The molecule has 0 radical (unpaired) electrons. The third kappa shape index (κ3) is 5.96. The second-order valence-corrected chi connectivity index (χ2v) is 6.33. The van der Waals surface area contributed by atoms with Crippen molar-refractivity contribution < 1.29 is 9.53 Å². The summed E-state index contributed by atoms with van der Waals surface area (Å²) in [6.45, 7) is 4.88. The zero-order chi connectivity index (χ0) is 18.1. The highest BCUT2D eigenvalue weighted by atomic mass is 16.5. The molecule has 0 heterocycles. The molecule has 4 heteroatoms. The molecule has 25 heavy (non-hydrogen) atoms. The van der Waals surface area contributed by atoms with Crippen LogP contribution >= 0.6 is 0 Å². The molecule has 0 aromatic heterocycles. The first kappa shape index (κ1) is 18.5. The zero-order valence-electron chi connectivity index (χ0n) is 14.7. The molecule has 1 amide bonds. The number of nitriles is 1. The topological polar surface area (TPSA) is 62.1 Å². The highest BCUT2D eigenvalue weighted by Crippen LogP contribution is 2.23. The van der Waals surface area contributed by atoms with Gasteiger partial charge in [0, 0.05) is 12.5 Å². The van der Waals surface area contributed by atoms with Gasteiger partial charge in [-0.3, -0.25) is 4.79 Å². The summed E-state index contributed by atoms with van der Waals surface area (Å²) in [6.07, 6.45) is 0.372. The Morgan fingerprint density at radius 3 is 2.40 bits per heavy atom. The predicted molar refractivity (Wildman–Crippen MR) is 98.3 cm³/mol. The molecule has 4 nitrogen and oxygen atoms in total. The van der Waals surface area contributed by atoms with E-state index in [0.29, 0.717) is 24.6 Å². The Morgan fingerprint density at radius 2 is 1.80 bits per heavy atom. The lowest BCUT2D eigenvalue weighted by atomic mass is 9.88. The summed E-state index contributed by atoms with van der Waals surface area (Å²) in [5.74, 6) is 1.19. The van der Waals surface area contributed by atoms with Gasteiger partial charge in [-0.05, 0) is 29.2 Å². The van der Waals surface area contributed by atoms with Gasteiger partial charge in [0.05, 0.1) is 12.5 Å². The highest BCUT2D eigenvalue weighted by molar-refractivity contribution is 5.77. The van der Waals surface area contributed by atoms with E-state index in [1.807, 2.05) is 30.3 Å². The van der Waals surface area contributed by atoms with Gasteiger partial charge >= 0.3 is 0 Å². The van der Waals surface area contributed by atoms with Crippen molar-refractivity contribution in [2.45, 2.75) is 26.2 Å². The second-order valence-electron chi connectivity index (χ2n) is 6.33. The lowest BCUT2D eigenvalue weighted by Crippen LogP contribution is -2.33. The summed E-state index contributed by atoms with van der Waals surface area (Å²) in [6, 6.07) is 19.5. The van der Waals surface area contributed by atoms with Crippen LogP contribution in [0, 0.1) is 17.2 Å². The van der Waals surface area contributed by atoms with Crippen LogP contribution in [0.2, 0.25) is 0 Å². The largest absolute Gasteiger partial charge is 0.484 e. The molecule has 0 bridgehead atoms. The molecule has 0 spiro atoms. The van der Waals surface area contributed by atoms with E-state index in [0.717, 1.165) is 5.56 Å². The minimum Gasteiger partial charge on any atom is -0.484 e. The fourth-order valence-corrected chi connectivity index (χ4v) is 2.66. The number of carbonyl (C=O) groups is 1. The van der Waals surface area contributed by atoms with E-state index in [2.05, 4.69) is 37.4 Å². The lowest BCUT2D eigenvalue weighted by molar-refractivity contribution is -0.123. The van der Waals surface area contributed by atoms with E-state index in [1.165, 1.54) is 5.56 Å². The first-order valence-electron chi connectivity index (χ1n) is 8.50. The van der Waals surface area contributed by atoms with Crippen LogP contribution in [0.25, 0.3) is 0 Å². The number of hydrogen-bond acceptors (Lipinski definition) is 3. The van der Waals surface area contributed by atoms with Crippen molar-refractivity contribution in [3.8, 4) is 11.8 Å². The molecule has 0 aliphatic carbocycles. The van der Waals surface area contributed by atoms with Crippen molar-refractivity contribution in [2.75, 3.05) is 13.2 Å². The molecule has 2 rings (SSSR count). The van der Waals surface area contributed by atoms with Gasteiger partial charge in [-0.25, -0.2) is 0 Å². The molecule has 0 saturated heterocycles. The van der Waals surface area contributed by atoms with Crippen LogP contribution in [0.4, 0.5) is 0 Å². The van der Waals surface area contributed by atoms with Crippen LogP contribution in [0.15, 0.2) is 54.6 Å². The fourth-order valence-electron chi connectivity index (χ4n) is 2.66.